The molecule has 0 atom stereocenters. The van der Waals surface area contributed by atoms with Crippen LogP contribution in [0.25, 0.3) is 0 Å². The van der Waals surface area contributed by atoms with Gasteiger partial charge in [-0.05, 0) is 86.3 Å². The van der Waals surface area contributed by atoms with Crippen molar-refractivity contribution in [2.45, 2.75) is 43.7 Å². The molecule has 1 fully saturated rings. The van der Waals surface area contributed by atoms with Crippen molar-refractivity contribution in [2.75, 3.05) is 26.2 Å². The molecule has 2 aromatic carbocycles. The van der Waals surface area contributed by atoms with Crippen LogP contribution in [-0.2, 0) is 13.1 Å². The van der Waals surface area contributed by atoms with Crippen LogP contribution in [0, 0.1) is 0 Å². The van der Waals surface area contributed by atoms with Crippen molar-refractivity contribution in [2.24, 2.45) is 0 Å². The van der Waals surface area contributed by atoms with Crippen LogP contribution in [0.1, 0.15) is 36.8 Å². The number of likely N-dealkylation sites (tertiary alicyclic amines) is 1. The summed E-state index contributed by atoms with van der Waals surface area (Å²) in [6.45, 7) is 5.90. The van der Waals surface area contributed by atoms with Gasteiger partial charge in [-0.1, -0.05) is 42.3 Å². The fourth-order valence-electron chi connectivity index (χ4n) is 4.08. The number of ether oxygens (including phenoxy) is 1. The summed E-state index contributed by atoms with van der Waals surface area (Å²) in [4.78, 5) is 8.01. The van der Waals surface area contributed by atoms with Crippen molar-refractivity contribution in [1.29, 1.82) is 0 Å². The Labute approximate surface area is 207 Å². The van der Waals surface area contributed by atoms with Gasteiger partial charge in [0.05, 0.1) is 6.61 Å². The molecule has 0 unspecified atom stereocenters. The molecule has 0 bridgehead atoms. The Balaban J connectivity index is 1.39. The van der Waals surface area contributed by atoms with Crippen LogP contribution in [0.3, 0.4) is 0 Å². The Morgan fingerprint density at radius 2 is 1.76 bits per heavy atom. The lowest BCUT2D eigenvalue weighted by atomic mass is 10.1. The second-order valence-electron chi connectivity index (χ2n) is 8.42. The lowest BCUT2D eigenvalue weighted by Gasteiger charge is -2.26. The minimum absolute atomic E-state index is 0.750. The van der Waals surface area contributed by atoms with E-state index >= 15 is 0 Å². The monoisotopic (exact) mass is 481 g/mol. The van der Waals surface area contributed by atoms with Gasteiger partial charge in [0.25, 0.3) is 0 Å². The standard InChI is InChI=1S/C27H32ClN3OS/c28-25-11-13-26(14-12-25)33-31(21-23-8-6-15-29-20-23)22-24-9-2-3-10-27(24)32-19-7-18-30-16-4-1-5-17-30/h2-3,6,8-15,20H,1,4-5,7,16-19,21-22H2. The predicted octanol–water partition coefficient (Wildman–Crippen LogP) is 6.70. The fraction of sp³-hybridized carbons (Fsp3) is 0.370. The van der Waals surface area contributed by atoms with Crippen LogP contribution in [0.5, 0.6) is 5.75 Å². The van der Waals surface area contributed by atoms with Crippen molar-refractivity contribution < 1.29 is 4.74 Å². The predicted molar refractivity (Wildman–Crippen MR) is 138 cm³/mol. The van der Waals surface area contributed by atoms with E-state index in [0.717, 1.165) is 48.3 Å². The van der Waals surface area contributed by atoms with Gasteiger partial charge < -0.3 is 9.64 Å². The Kier molecular flexibility index (Phi) is 9.48. The number of benzene rings is 2. The molecule has 3 aromatic rings. The number of rotatable bonds is 11. The summed E-state index contributed by atoms with van der Waals surface area (Å²) in [6, 6.07) is 20.5. The second kappa shape index (κ2) is 13.0. The van der Waals surface area contributed by atoms with Crippen LogP contribution in [0.15, 0.2) is 78.0 Å². The zero-order valence-corrected chi connectivity index (χ0v) is 20.6. The van der Waals surface area contributed by atoms with Crippen molar-refractivity contribution in [3.05, 3.63) is 89.2 Å². The number of piperidine rings is 1. The summed E-state index contributed by atoms with van der Waals surface area (Å²) < 4.78 is 8.60. The normalized spacial score (nSPS) is 14.5. The Bertz CT molecular complexity index is 965. The van der Waals surface area contributed by atoms with E-state index in [1.807, 2.05) is 30.6 Å². The second-order valence-corrected chi connectivity index (χ2v) is 10.0. The molecule has 0 saturated carbocycles. The number of hydrogen-bond donors (Lipinski definition) is 0. The lowest BCUT2D eigenvalue weighted by Crippen LogP contribution is -2.31. The molecule has 1 saturated heterocycles. The summed E-state index contributed by atoms with van der Waals surface area (Å²) in [5.41, 5.74) is 2.37. The maximum atomic E-state index is 6.25. The molecule has 174 valence electrons. The van der Waals surface area contributed by atoms with Crippen molar-refractivity contribution in [1.82, 2.24) is 14.2 Å². The average molecular weight is 482 g/mol. The first-order valence-corrected chi connectivity index (χ1v) is 12.9. The van der Waals surface area contributed by atoms with Crippen LogP contribution < -0.4 is 4.74 Å². The van der Waals surface area contributed by atoms with Gasteiger partial charge in [-0.2, -0.15) is 0 Å². The van der Waals surface area contributed by atoms with Crippen molar-refractivity contribution in [3.8, 4) is 5.75 Å². The van der Waals surface area contributed by atoms with Gasteiger partial charge in [0.2, 0.25) is 0 Å². The molecular formula is C27H32ClN3OS. The van der Waals surface area contributed by atoms with Gasteiger partial charge in [-0.25, -0.2) is 4.31 Å². The zero-order chi connectivity index (χ0) is 22.7. The number of halogens is 1. The number of para-hydroxylation sites is 1. The number of nitrogens with zero attached hydrogens (tertiary/aromatic N) is 3. The van der Waals surface area contributed by atoms with Crippen LogP contribution >= 0.6 is 23.5 Å². The first-order chi connectivity index (χ1) is 16.3. The number of hydrogen-bond acceptors (Lipinski definition) is 5. The highest BCUT2D eigenvalue weighted by Gasteiger charge is 2.14. The number of pyridine rings is 1. The van der Waals surface area contributed by atoms with E-state index in [-0.39, 0.29) is 0 Å². The van der Waals surface area contributed by atoms with E-state index in [1.54, 1.807) is 11.9 Å². The molecule has 6 heteroatoms. The summed E-state index contributed by atoms with van der Waals surface area (Å²) in [5, 5.41) is 0.751. The van der Waals surface area contributed by atoms with E-state index in [1.165, 1.54) is 43.5 Å². The first-order valence-electron chi connectivity index (χ1n) is 11.8. The van der Waals surface area contributed by atoms with Gasteiger partial charge in [-0.15, -0.1) is 0 Å². The summed E-state index contributed by atoms with van der Waals surface area (Å²) in [5.74, 6) is 0.976. The molecular weight excluding hydrogens is 450 g/mol. The molecule has 1 aromatic heterocycles. The Hall–Kier alpha value is -2.05. The maximum absolute atomic E-state index is 6.25. The highest BCUT2D eigenvalue weighted by molar-refractivity contribution is 7.97. The molecule has 0 spiro atoms. The van der Waals surface area contributed by atoms with Gasteiger partial charge in [0, 0.05) is 47.5 Å². The van der Waals surface area contributed by atoms with E-state index < -0.39 is 0 Å². The molecule has 0 radical (unpaired) electrons. The molecule has 1 aliphatic rings. The quantitative estimate of drug-likeness (QED) is 0.224. The molecule has 4 rings (SSSR count). The topological polar surface area (TPSA) is 28.6 Å². The summed E-state index contributed by atoms with van der Waals surface area (Å²) in [6.07, 6.45) is 8.85. The van der Waals surface area contributed by atoms with Crippen molar-refractivity contribution >= 4 is 23.5 Å². The van der Waals surface area contributed by atoms with Crippen LogP contribution in [0.2, 0.25) is 5.02 Å². The van der Waals surface area contributed by atoms with Gasteiger partial charge in [0.1, 0.15) is 5.75 Å². The highest BCUT2D eigenvalue weighted by atomic mass is 35.5. The van der Waals surface area contributed by atoms with E-state index in [0.29, 0.717) is 0 Å². The molecule has 1 aliphatic heterocycles. The smallest absolute Gasteiger partial charge is 0.123 e. The van der Waals surface area contributed by atoms with Crippen LogP contribution in [0.4, 0.5) is 0 Å². The molecule has 0 N–H and O–H groups in total. The fourth-order valence-corrected chi connectivity index (χ4v) is 5.18. The average Bonchev–Trinajstić information content (AvgIpc) is 2.85. The van der Waals surface area contributed by atoms with Gasteiger partial charge in [-0.3, -0.25) is 4.98 Å². The Morgan fingerprint density at radius 3 is 2.55 bits per heavy atom. The maximum Gasteiger partial charge on any atom is 0.123 e. The van der Waals surface area contributed by atoms with Crippen LogP contribution in [-0.4, -0.2) is 40.4 Å². The SMILES string of the molecule is Clc1ccc(SN(Cc2cccnc2)Cc2ccccc2OCCCN2CCCCC2)cc1. The molecule has 33 heavy (non-hydrogen) atoms. The Morgan fingerprint density at radius 1 is 0.939 bits per heavy atom. The van der Waals surface area contributed by atoms with E-state index in [9.17, 15) is 0 Å². The third-order valence-electron chi connectivity index (χ3n) is 5.77. The minimum Gasteiger partial charge on any atom is -0.493 e. The van der Waals surface area contributed by atoms with Gasteiger partial charge in [0.15, 0.2) is 0 Å². The summed E-state index contributed by atoms with van der Waals surface area (Å²) >= 11 is 7.82. The zero-order valence-electron chi connectivity index (χ0n) is 19.0. The third-order valence-corrected chi connectivity index (χ3v) is 7.03. The third kappa shape index (κ3) is 8.04. The van der Waals surface area contributed by atoms with Gasteiger partial charge >= 0.3 is 0 Å². The van der Waals surface area contributed by atoms with E-state index in [4.69, 9.17) is 16.3 Å². The minimum atomic E-state index is 0.750. The lowest BCUT2D eigenvalue weighted by molar-refractivity contribution is 0.204. The molecule has 2 heterocycles. The molecule has 0 aliphatic carbocycles. The largest absolute Gasteiger partial charge is 0.493 e. The molecule has 4 nitrogen and oxygen atoms in total. The summed E-state index contributed by atoms with van der Waals surface area (Å²) in [7, 11) is 0. The first kappa shape index (κ1) is 24.1. The molecule has 0 amide bonds. The van der Waals surface area contributed by atoms with E-state index in [2.05, 4.69) is 56.7 Å². The van der Waals surface area contributed by atoms with Crippen molar-refractivity contribution in [3.63, 3.8) is 0 Å². The number of aromatic nitrogens is 1. The highest BCUT2D eigenvalue weighted by Crippen LogP contribution is 2.30.